The Kier molecular flexibility index (Phi) is 2.37. The highest BCUT2D eigenvalue weighted by molar-refractivity contribution is 6.29. The quantitative estimate of drug-likeness (QED) is 0.680. The largest absolute Gasteiger partial charge is 0.363 e. The Labute approximate surface area is 101 Å². The SMILES string of the molecule is Clc1cc(NCc2ncc[nH]2)n2ncnc2n1. The van der Waals surface area contributed by atoms with Gasteiger partial charge in [0.25, 0.3) is 5.78 Å². The molecule has 0 aliphatic carbocycles. The molecule has 86 valence electrons. The number of halogens is 1. The molecule has 0 aliphatic rings. The van der Waals surface area contributed by atoms with E-state index in [-0.39, 0.29) is 0 Å². The van der Waals surface area contributed by atoms with Crippen molar-refractivity contribution in [1.29, 1.82) is 0 Å². The number of nitrogens with one attached hydrogen (secondary N) is 2. The monoisotopic (exact) mass is 249 g/mol. The van der Waals surface area contributed by atoms with Crippen LogP contribution in [0.1, 0.15) is 5.82 Å². The van der Waals surface area contributed by atoms with Gasteiger partial charge < -0.3 is 10.3 Å². The molecule has 17 heavy (non-hydrogen) atoms. The molecule has 0 fully saturated rings. The first-order valence-electron chi connectivity index (χ1n) is 4.91. The summed E-state index contributed by atoms with van der Waals surface area (Å²) in [7, 11) is 0. The van der Waals surface area contributed by atoms with E-state index >= 15 is 0 Å². The molecule has 0 unspecified atom stereocenters. The highest BCUT2D eigenvalue weighted by atomic mass is 35.5. The summed E-state index contributed by atoms with van der Waals surface area (Å²) < 4.78 is 1.58. The summed E-state index contributed by atoms with van der Waals surface area (Å²) >= 11 is 5.89. The number of imidazole rings is 1. The number of hydrogen-bond acceptors (Lipinski definition) is 5. The molecule has 0 saturated heterocycles. The van der Waals surface area contributed by atoms with Crippen molar-refractivity contribution in [2.45, 2.75) is 6.54 Å². The van der Waals surface area contributed by atoms with Crippen LogP contribution < -0.4 is 5.32 Å². The van der Waals surface area contributed by atoms with Crippen LogP contribution in [0, 0.1) is 0 Å². The third-order valence-electron chi connectivity index (χ3n) is 2.21. The zero-order chi connectivity index (χ0) is 11.7. The average Bonchev–Trinajstić information content (AvgIpc) is 2.95. The van der Waals surface area contributed by atoms with E-state index in [9.17, 15) is 0 Å². The number of hydrogen-bond donors (Lipinski definition) is 2. The van der Waals surface area contributed by atoms with Crippen molar-refractivity contribution in [3.8, 4) is 0 Å². The maximum absolute atomic E-state index is 5.89. The molecule has 0 bridgehead atoms. The van der Waals surface area contributed by atoms with E-state index in [4.69, 9.17) is 11.6 Å². The molecule has 3 aromatic rings. The second-order valence-electron chi connectivity index (χ2n) is 3.33. The molecule has 8 heteroatoms. The van der Waals surface area contributed by atoms with E-state index in [0.717, 1.165) is 5.82 Å². The van der Waals surface area contributed by atoms with Crippen LogP contribution in [-0.2, 0) is 6.54 Å². The second kappa shape index (κ2) is 4.02. The number of aromatic nitrogens is 6. The third-order valence-corrected chi connectivity index (χ3v) is 2.41. The third kappa shape index (κ3) is 1.92. The van der Waals surface area contributed by atoms with Gasteiger partial charge in [-0.15, -0.1) is 0 Å². The summed E-state index contributed by atoms with van der Waals surface area (Å²) in [6.07, 6.45) is 4.89. The van der Waals surface area contributed by atoms with Crippen molar-refractivity contribution >= 4 is 23.2 Å². The van der Waals surface area contributed by atoms with Gasteiger partial charge in [-0.3, -0.25) is 0 Å². The number of aromatic amines is 1. The van der Waals surface area contributed by atoms with Gasteiger partial charge in [0.1, 0.15) is 23.1 Å². The fourth-order valence-electron chi connectivity index (χ4n) is 1.48. The van der Waals surface area contributed by atoms with Gasteiger partial charge >= 0.3 is 0 Å². The fraction of sp³-hybridized carbons (Fsp3) is 0.111. The van der Waals surface area contributed by atoms with Crippen molar-refractivity contribution < 1.29 is 0 Å². The van der Waals surface area contributed by atoms with Crippen LogP contribution in [-0.4, -0.2) is 29.5 Å². The maximum Gasteiger partial charge on any atom is 0.255 e. The zero-order valence-electron chi connectivity index (χ0n) is 8.63. The van der Waals surface area contributed by atoms with Crippen LogP contribution in [0.15, 0.2) is 24.8 Å². The predicted molar refractivity (Wildman–Crippen MR) is 61.7 cm³/mol. The molecular formula is C9H8ClN7. The van der Waals surface area contributed by atoms with Crippen molar-refractivity contribution in [3.63, 3.8) is 0 Å². The van der Waals surface area contributed by atoms with Crippen LogP contribution in [0.3, 0.4) is 0 Å². The molecule has 3 aromatic heterocycles. The molecular weight excluding hydrogens is 242 g/mol. The van der Waals surface area contributed by atoms with Gasteiger partial charge in [-0.2, -0.15) is 19.6 Å². The minimum Gasteiger partial charge on any atom is -0.363 e. The normalized spacial score (nSPS) is 10.9. The predicted octanol–water partition coefficient (Wildman–Crippen LogP) is 1.11. The summed E-state index contributed by atoms with van der Waals surface area (Å²) in [5, 5.41) is 7.58. The van der Waals surface area contributed by atoms with E-state index in [2.05, 4.69) is 30.4 Å². The van der Waals surface area contributed by atoms with Crippen LogP contribution in [0.4, 0.5) is 5.82 Å². The number of fused-ring (bicyclic) bond motifs is 1. The smallest absolute Gasteiger partial charge is 0.255 e. The van der Waals surface area contributed by atoms with E-state index in [0.29, 0.717) is 23.3 Å². The van der Waals surface area contributed by atoms with Gasteiger partial charge in [0.2, 0.25) is 0 Å². The first-order valence-corrected chi connectivity index (χ1v) is 5.29. The van der Waals surface area contributed by atoms with Crippen LogP contribution in [0.2, 0.25) is 5.15 Å². The minimum absolute atomic E-state index is 0.368. The summed E-state index contributed by atoms with van der Waals surface area (Å²) in [6.45, 7) is 0.544. The first-order chi connectivity index (χ1) is 8.33. The molecule has 0 radical (unpaired) electrons. The van der Waals surface area contributed by atoms with Gasteiger partial charge in [-0.1, -0.05) is 11.6 Å². The average molecular weight is 250 g/mol. The Morgan fingerprint density at radius 2 is 2.35 bits per heavy atom. The second-order valence-corrected chi connectivity index (χ2v) is 3.71. The molecule has 3 heterocycles. The van der Waals surface area contributed by atoms with Crippen LogP contribution in [0.5, 0.6) is 0 Å². The zero-order valence-corrected chi connectivity index (χ0v) is 9.39. The molecule has 2 N–H and O–H groups in total. The molecule has 7 nitrogen and oxygen atoms in total. The van der Waals surface area contributed by atoms with E-state index in [1.54, 1.807) is 23.0 Å². The van der Waals surface area contributed by atoms with Gasteiger partial charge in [-0.25, -0.2) is 4.98 Å². The minimum atomic E-state index is 0.368. The molecule has 0 spiro atoms. The van der Waals surface area contributed by atoms with Crippen molar-refractivity contribution in [2.24, 2.45) is 0 Å². The van der Waals surface area contributed by atoms with E-state index in [1.807, 2.05) is 0 Å². The van der Waals surface area contributed by atoms with Gasteiger partial charge in [-0.05, 0) is 0 Å². The van der Waals surface area contributed by atoms with E-state index in [1.165, 1.54) is 6.33 Å². The lowest BCUT2D eigenvalue weighted by Crippen LogP contribution is -2.07. The lowest BCUT2D eigenvalue weighted by Gasteiger charge is -2.06. The lowest BCUT2D eigenvalue weighted by molar-refractivity contribution is 0.907. The number of nitrogens with zero attached hydrogens (tertiary/aromatic N) is 5. The Bertz CT molecular complexity index is 630. The first kappa shape index (κ1) is 10.0. The lowest BCUT2D eigenvalue weighted by atomic mass is 10.5. The molecule has 0 saturated carbocycles. The molecule has 0 aliphatic heterocycles. The van der Waals surface area contributed by atoms with Crippen molar-refractivity contribution in [3.05, 3.63) is 35.8 Å². The van der Waals surface area contributed by atoms with Gasteiger partial charge in [0, 0.05) is 18.5 Å². The molecule has 0 amide bonds. The number of H-pyrrole nitrogens is 1. The summed E-state index contributed by atoms with van der Waals surface area (Å²) in [5.41, 5.74) is 0. The number of anilines is 1. The maximum atomic E-state index is 5.89. The van der Waals surface area contributed by atoms with Crippen LogP contribution >= 0.6 is 11.6 Å². The van der Waals surface area contributed by atoms with E-state index < -0.39 is 0 Å². The Balaban J connectivity index is 1.91. The molecule has 3 rings (SSSR count). The Hall–Kier alpha value is -2.15. The summed E-state index contributed by atoms with van der Waals surface area (Å²) in [6, 6.07) is 1.69. The van der Waals surface area contributed by atoms with Crippen molar-refractivity contribution in [2.75, 3.05) is 5.32 Å². The van der Waals surface area contributed by atoms with Crippen molar-refractivity contribution in [1.82, 2.24) is 29.5 Å². The highest BCUT2D eigenvalue weighted by Crippen LogP contribution is 2.14. The Morgan fingerprint density at radius 3 is 3.18 bits per heavy atom. The number of rotatable bonds is 3. The summed E-state index contributed by atoms with van der Waals surface area (Å²) in [4.78, 5) is 15.1. The standard InChI is InChI=1S/C9H8ClN7/c10-6-3-8(13-4-7-11-1-2-12-7)17-9(16-6)14-5-15-17/h1-3,5,13H,4H2,(H,11,12). The molecule has 0 aromatic carbocycles. The van der Waals surface area contributed by atoms with Crippen LogP contribution in [0.25, 0.3) is 5.78 Å². The highest BCUT2D eigenvalue weighted by Gasteiger charge is 2.06. The molecule has 0 atom stereocenters. The van der Waals surface area contributed by atoms with Gasteiger partial charge in [0.15, 0.2) is 0 Å². The topological polar surface area (TPSA) is 83.8 Å². The summed E-state index contributed by atoms with van der Waals surface area (Å²) in [5.74, 6) is 2.00. The van der Waals surface area contributed by atoms with Gasteiger partial charge in [0.05, 0.1) is 6.54 Å². The fourth-order valence-corrected chi connectivity index (χ4v) is 1.66. The Morgan fingerprint density at radius 1 is 1.41 bits per heavy atom.